The molecule has 4 nitrogen and oxygen atoms in total. The van der Waals surface area contributed by atoms with Gasteiger partial charge in [-0.1, -0.05) is 29.8 Å². The van der Waals surface area contributed by atoms with Gasteiger partial charge >= 0.3 is 0 Å². The molecular formula is C11H15BrO4S. The van der Waals surface area contributed by atoms with E-state index in [0.717, 1.165) is 12.8 Å². The lowest BCUT2D eigenvalue weighted by atomic mass is 9.65. The Balaban J connectivity index is 2.07. The predicted octanol–water partition coefficient (Wildman–Crippen LogP) is 1.64. The van der Waals surface area contributed by atoms with Gasteiger partial charge < -0.3 is 0 Å². The Bertz CT molecular complexity index is 526. The summed E-state index contributed by atoms with van der Waals surface area (Å²) in [6.45, 7) is 3.92. The van der Waals surface area contributed by atoms with Crippen LogP contribution in [0.1, 0.15) is 26.7 Å². The van der Waals surface area contributed by atoms with Gasteiger partial charge in [0.15, 0.2) is 5.78 Å². The van der Waals surface area contributed by atoms with E-state index < -0.39 is 20.9 Å². The quantitative estimate of drug-likeness (QED) is 0.619. The molecule has 96 valence electrons. The molecule has 17 heavy (non-hydrogen) atoms. The van der Waals surface area contributed by atoms with Gasteiger partial charge in [0, 0.05) is 10.8 Å². The fourth-order valence-electron chi connectivity index (χ4n) is 5.11. The molecule has 3 aliphatic carbocycles. The Labute approximate surface area is 109 Å². The molecule has 3 fully saturated rings. The molecular weight excluding hydrogens is 308 g/mol. The summed E-state index contributed by atoms with van der Waals surface area (Å²) in [5.74, 6) is 0.106. The molecule has 0 heterocycles. The van der Waals surface area contributed by atoms with Gasteiger partial charge in [-0.25, -0.2) is 0 Å². The largest absolute Gasteiger partial charge is 0.298 e. The van der Waals surface area contributed by atoms with Crippen molar-refractivity contribution < 1.29 is 17.8 Å². The number of rotatable bonds is 2. The monoisotopic (exact) mass is 322 g/mol. The summed E-state index contributed by atoms with van der Waals surface area (Å²) in [6, 6.07) is 0. The standard InChI is InChI=1S/C11H15BrO4S/c1-9(2)10(5-17(14,15)16)4-3-6-7(12)8(13)11(6,9)10/h6-7H,3-5H2,1-2H3,(H,14,15,16)/t6-,7+,10+,11?/m1/s1. The van der Waals surface area contributed by atoms with Crippen LogP contribution in [0.3, 0.4) is 0 Å². The van der Waals surface area contributed by atoms with E-state index in [1.54, 1.807) is 0 Å². The molecule has 1 spiro atoms. The summed E-state index contributed by atoms with van der Waals surface area (Å²) in [5, 5.41) is 0. The van der Waals surface area contributed by atoms with Crippen LogP contribution in [0.2, 0.25) is 0 Å². The molecule has 0 aromatic carbocycles. The average molecular weight is 323 g/mol. The first kappa shape index (κ1) is 12.1. The van der Waals surface area contributed by atoms with E-state index in [1.165, 1.54) is 0 Å². The Morgan fingerprint density at radius 1 is 1.47 bits per heavy atom. The van der Waals surface area contributed by atoms with Crippen LogP contribution in [0.15, 0.2) is 0 Å². The molecule has 0 aromatic heterocycles. The molecule has 3 aliphatic rings. The zero-order valence-electron chi connectivity index (χ0n) is 9.73. The molecule has 1 N–H and O–H groups in total. The summed E-state index contributed by atoms with van der Waals surface area (Å²) < 4.78 is 31.5. The first-order valence-corrected chi connectivity index (χ1v) is 8.28. The summed E-state index contributed by atoms with van der Waals surface area (Å²) in [7, 11) is -4.03. The number of halogens is 1. The van der Waals surface area contributed by atoms with Crippen molar-refractivity contribution in [3.8, 4) is 0 Å². The second kappa shape index (κ2) is 2.80. The van der Waals surface area contributed by atoms with Crippen molar-refractivity contribution in [2.24, 2.45) is 22.2 Å². The maximum atomic E-state index is 12.2. The van der Waals surface area contributed by atoms with E-state index in [1.807, 2.05) is 13.8 Å². The van der Waals surface area contributed by atoms with Crippen LogP contribution < -0.4 is 0 Å². The topological polar surface area (TPSA) is 71.4 Å². The van der Waals surface area contributed by atoms with Gasteiger partial charge in [0.05, 0.1) is 10.6 Å². The highest BCUT2D eigenvalue weighted by atomic mass is 79.9. The highest BCUT2D eigenvalue weighted by molar-refractivity contribution is 9.10. The number of carbonyl (C=O) groups excluding carboxylic acids is 1. The maximum Gasteiger partial charge on any atom is 0.265 e. The van der Waals surface area contributed by atoms with Gasteiger partial charge in [0.1, 0.15) is 0 Å². The van der Waals surface area contributed by atoms with Crippen LogP contribution in [0.5, 0.6) is 0 Å². The van der Waals surface area contributed by atoms with E-state index in [-0.39, 0.29) is 27.7 Å². The molecule has 0 bridgehead atoms. The van der Waals surface area contributed by atoms with Crippen molar-refractivity contribution in [3.05, 3.63) is 0 Å². The van der Waals surface area contributed by atoms with Gasteiger partial charge in [-0.2, -0.15) is 8.42 Å². The van der Waals surface area contributed by atoms with Crippen molar-refractivity contribution in [1.82, 2.24) is 0 Å². The van der Waals surface area contributed by atoms with Crippen molar-refractivity contribution in [2.75, 3.05) is 5.75 Å². The molecule has 0 radical (unpaired) electrons. The number of Topliss-reactive ketones (excluding diaryl/α,β-unsaturated/α-hetero) is 1. The van der Waals surface area contributed by atoms with Crippen LogP contribution >= 0.6 is 15.9 Å². The molecule has 4 atom stereocenters. The molecule has 0 aromatic rings. The Morgan fingerprint density at radius 3 is 2.59 bits per heavy atom. The van der Waals surface area contributed by atoms with Crippen LogP contribution in [0.4, 0.5) is 0 Å². The average Bonchev–Trinajstić information content (AvgIpc) is 2.52. The SMILES string of the molecule is CC1(C)C23C(=O)[C@@H](Br)[C@H]2CC[C@]13CS(=O)(=O)O. The fourth-order valence-corrected chi connectivity index (χ4v) is 7.49. The van der Waals surface area contributed by atoms with Gasteiger partial charge in [0.2, 0.25) is 0 Å². The van der Waals surface area contributed by atoms with Crippen molar-refractivity contribution in [3.63, 3.8) is 0 Å². The first-order valence-electron chi connectivity index (χ1n) is 5.75. The minimum atomic E-state index is -4.03. The van der Waals surface area contributed by atoms with E-state index >= 15 is 0 Å². The fraction of sp³-hybridized carbons (Fsp3) is 0.909. The van der Waals surface area contributed by atoms with Crippen molar-refractivity contribution in [2.45, 2.75) is 31.5 Å². The highest BCUT2D eigenvalue weighted by Crippen LogP contribution is 2.92. The number of hydrogen-bond acceptors (Lipinski definition) is 3. The second-order valence-electron chi connectivity index (χ2n) is 6.15. The number of hydrogen-bond donors (Lipinski definition) is 1. The lowest BCUT2D eigenvalue weighted by molar-refractivity contribution is -0.137. The third-order valence-corrected chi connectivity index (χ3v) is 7.65. The Morgan fingerprint density at radius 2 is 2.06 bits per heavy atom. The number of carbonyl (C=O) groups is 1. The van der Waals surface area contributed by atoms with E-state index in [0.29, 0.717) is 0 Å². The van der Waals surface area contributed by atoms with Crippen LogP contribution in [0.25, 0.3) is 0 Å². The van der Waals surface area contributed by atoms with Gasteiger partial charge in [0.25, 0.3) is 10.1 Å². The summed E-state index contributed by atoms with van der Waals surface area (Å²) in [4.78, 5) is 12.1. The minimum absolute atomic E-state index is 0.118. The van der Waals surface area contributed by atoms with Gasteiger partial charge in [-0.3, -0.25) is 9.35 Å². The van der Waals surface area contributed by atoms with E-state index in [9.17, 15) is 13.2 Å². The maximum absolute atomic E-state index is 12.2. The van der Waals surface area contributed by atoms with E-state index in [2.05, 4.69) is 15.9 Å². The smallest absolute Gasteiger partial charge is 0.265 e. The highest BCUT2D eigenvalue weighted by Gasteiger charge is 2.95. The summed E-state index contributed by atoms with van der Waals surface area (Å²) in [5.41, 5.74) is -1.33. The predicted molar refractivity (Wildman–Crippen MR) is 65.5 cm³/mol. The zero-order valence-corrected chi connectivity index (χ0v) is 12.1. The summed E-state index contributed by atoms with van der Waals surface area (Å²) in [6.07, 6.45) is 1.60. The van der Waals surface area contributed by atoms with Crippen LogP contribution in [-0.4, -0.2) is 29.3 Å². The van der Waals surface area contributed by atoms with Gasteiger partial charge in [-0.15, -0.1) is 0 Å². The number of alkyl halides is 1. The summed E-state index contributed by atoms with van der Waals surface area (Å²) >= 11 is 3.39. The van der Waals surface area contributed by atoms with Gasteiger partial charge in [-0.05, 0) is 24.2 Å². The third kappa shape index (κ3) is 0.975. The van der Waals surface area contributed by atoms with Crippen molar-refractivity contribution in [1.29, 1.82) is 0 Å². The Kier molecular flexibility index (Phi) is 2.00. The zero-order chi connectivity index (χ0) is 12.9. The lowest BCUT2D eigenvalue weighted by Gasteiger charge is -2.41. The second-order valence-corrected chi connectivity index (χ2v) is 8.59. The molecule has 3 rings (SSSR count). The molecule has 0 amide bonds. The normalized spacial score (nSPS) is 50.5. The first-order chi connectivity index (χ1) is 7.62. The molecule has 6 heteroatoms. The molecule has 1 unspecified atom stereocenters. The lowest BCUT2D eigenvalue weighted by Crippen LogP contribution is -2.52. The van der Waals surface area contributed by atoms with Crippen LogP contribution in [0, 0.1) is 22.2 Å². The molecule has 0 aliphatic heterocycles. The van der Waals surface area contributed by atoms with E-state index in [4.69, 9.17) is 4.55 Å². The Hall–Kier alpha value is 0.0600. The van der Waals surface area contributed by atoms with Crippen LogP contribution in [-0.2, 0) is 14.9 Å². The molecule has 3 saturated carbocycles. The van der Waals surface area contributed by atoms with Crippen molar-refractivity contribution >= 4 is 31.8 Å². The third-order valence-electron chi connectivity index (χ3n) is 5.73. The number of ketones is 1. The minimum Gasteiger partial charge on any atom is -0.298 e. The molecule has 0 saturated heterocycles.